The largest absolute Gasteiger partial charge is 0.468 e. The second-order valence-electron chi connectivity index (χ2n) is 7.31. The monoisotopic (exact) mass is 490 g/mol. The van der Waals surface area contributed by atoms with E-state index in [0.717, 1.165) is 0 Å². The summed E-state index contributed by atoms with van der Waals surface area (Å²) in [5.41, 5.74) is 1.38. The predicted molar refractivity (Wildman–Crippen MR) is 131 cm³/mol. The van der Waals surface area contributed by atoms with Gasteiger partial charge in [0.15, 0.2) is 4.80 Å². The summed E-state index contributed by atoms with van der Waals surface area (Å²) < 4.78 is 17.9. The molecule has 4 aromatic rings. The molecule has 1 amide bonds. The zero-order chi connectivity index (χ0) is 24.8. The van der Waals surface area contributed by atoms with Gasteiger partial charge in [-0.2, -0.15) is 4.99 Å². The van der Waals surface area contributed by atoms with E-state index in [-0.39, 0.29) is 13.2 Å². The first-order valence-corrected chi connectivity index (χ1v) is 11.6. The second kappa shape index (κ2) is 10.8. The molecule has 9 heteroatoms. The third-order valence-electron chi connectivity index (χ3n) is 4.99. The number of hydrogen-bond donors (Lipinski definition) is 0. The summed E-state index contributed by atoms with van der Waals surface area (Å²) in [4.78, 5) is 41.6. The van der Waals surface area contributed by atoms with Crippen LogP contribution in [0.15, 0.2) is 77.8 Å². The van der Waals surface area contributed by atoms with Gasteiger partial charge in [-0.05, 0) is 61.5 Å². The molecule has 8 nitrogen and oxygen atoms in total. The van der Waals surface area contributed by atoms with Crippen LogP contribution in [0.2, 0.25) is 0 Å². The fourth-order valence-electron chi connectivity index (χ4n) is 3.29. The minimum absolute atomic E-state index is 0.134. The molecule has 0 aliphatic rings. The lowest BCUT2D eigenvalue weighted by molar-refractivity contribution is -0.141. The van der Waals surface area contributed by atoms with Crippen molar-refractivity contribution in [2.24, 2.45) is 4.99 Å². The number of carbonyl (C=O) groups excluding carboxylic acids is 3. The zero-order valence-electron chi connectivity index (χ0n) is 19.1. The lowest BCUT2D eigenvalue weighted by atomic mass is 10.2. The summed E-state index contributed by atoms with van der Waals surface area (Å²) in [6, 6.07) is 20.9. The Morgan fingerprint density at radius 3 is 2.29 bits per heavy atom. The quantitative estimate of drug-likeness (QED) is 0.352. The lowest BCUT2D eigenvalue weighted by Gasteiger charge is -2.06. The van der Waals surface area contributed by atoms with E-state index in [9.17, 15) is 14.4 Å². The van der Waals surface area contributed by atoms with E-state index >= 15 is 0 Å². The van der Waals surface area contributed by atoms with Crippen LogP contribution < -0.4 is 9.54 Å². The summed E-state index contributed by atoms with van der Waals surface area (Å²) in [5.74, 6) is -0.147. The number of fused-ring (bicyclic) bond motifs is 1. The van der Waals surface area contributed by atoms with Crippen molar-refractivity contribution in [2.45, 2.75) is 13.5 Å². The Balaban J connectivity index is 1.67. The van der Waals surface area contributed by atoms with Gasteiger partial charge in [0.2, 0.25) is 0 Å². The summed E-state index contributed by atoms with van der Waals surface area (Å²) in [7, 11) is 1.29. The van der Waals surface area contributed by atoms with Gasteiger partial charge in [-0.15, -0.1) is 0 Å². The van der Waals surface area contributed by atoms with Gasteiger partial charge in [0.05, 0.1) is 29.5 Å². The lowest BCUT2D eigenvalue weighted by Crippen LogP contribution is -2.22. The van der Waals surface area contributed by atoms with Gasteiger partial charge in [-0.3, -0.25) is 9.59 Å². The summed E-state index contributed by atoms with van der Waals surface area (Å²) in [6.45, 7) is 1.86. The molecule has 35 heavy (non-hydrogen) atoms. The first-order valence-electron chi connectivity index (χ1n) is 10.8. The van der Waals surface area contributed by atoms with Crippen molar-refractivity contribution in [2.75, 3.05) is 13.7 Å². The highest BCUT2D eigenvalue weighted by Crippen LogP contribution is 2.22. The number of thiazole rings is 1. The van der Waals surface area contributed by atoms with Gasteiger partial charge in [0.25, 0.3) is 5.91 Å². The van der Waals surface area contributed by atoms with E-state index in [4.69, 9.17) is 14.2 Å². The average molecular weight is 491 g/mol. The van der Waals surface area contributed by atoms with Crippen LogP contribution in [-0.2, 0) is 20.8 Å². The SMILES string of the molecule is CCOC(=O)c1ccc2c(c1)sc(=NC(=O)c1ccc(Oc3ccccc3)cc1)n2CC(=O)OC. The van der Waals surface area contributed by atoms with Crippen molar-refractivity contribution < 1.29 is 28.6 Å². The van der Waals surface area contributed by atoms with Crippen molar-refractivity contribution in [3.8, 4) is 11.5 Å². The highest BCUT2D eigenvalue weighted by Gasteiger charge is 2.15. The molecule has 0 N–H and O–H groups in total. The van der Waals surface area contributed by atoms with Crippen LogP contribution in [0.25, 0.3) is 10.2 Å². The molecule has 0 fully saturated rings. The molecule has 0 unspecified atom stereocenters. The molecule has 0 atom stereocenters. The van der Waals surface area contributed by atoms with Crippen LogP contribution in [0, 0.1) is 0 Å². The van der Waals surface area contributed by atoms with Gasteiger partial charge in [0.1, 0.15) is 18.0 Å². The Labute approximate surface area is 205 Å². The molecule has 3 aromatic carbocycles. The highest BCUT2D eigenvalue weighted by molar-refractivity contribution is 7.16. The Hall–Kier alpha value is -4.24. The Kier molecular flexibility index (Phi) is 7.37. The van der Waals surface area contributed by atoms with Crippen LogP contribution in [0.5, 0.6) is 11.5 Å². The minimum Gasteiger partial charge on any atom is -0.468 e. The van der Waals surface area contributed by atoms with E-state index in [2.05, 4.69) is 4.99 Å². The molecule has 0 bridgehead atoms. The van der Waals surface area contributed by atoms with Crippen LogP contribution >= 0.6 is 11.3 Å². The van der Waals surface area contributed by atoms with E-state index in [0.29, 0.717) is 37.6 Å². The second-order valence-corrected chi connectivity index (χ2v) is 8.32. The van der Waals surface area contributed by atoms with Gasteiger partial charge in [-0.25, -0.2) is 4.79 Å². The predicted octanol–water partition coefficient (Wildman–Crippen LogP) is 4.59. The Morgan fingerprint density at radius 1 is 0.914 bits per heavy atom. The third kappa shape index (κ3) is 5.64. The minimum atomic E-state index is -0.490. The number of amides is 1. The van der Waals surface area contributed by atoms with Crippen LogP contribution in [-0.4, -0.2) is 36.1 Å². The van der Waals surface area contributed by atoms with E-state index in [1.165, 1.54) is 18.4 Å². The standard InChI is InChI=1S/C26H22N2O6S/c1-3-33-25(31)18-11-14-21-22(15-18)35-26(28(21)16-23(29)32-2)27-24(30)17-9-12-20(13-10-17)34-19-7-5-4-6-8-19/h4-15H,3,16H2,1-2H3. The smallest absolute Gasteiger partial charge is 0.338 e. The van der Waals surface area contributed by atoms with Crippen molar-refractivity contribution in [3.05, 3.63) is 88.7 Å². The summed E-state index contributed by atoms with van der Waals surface area (Å²) in [6.07, 6.45) is 0. The number of hydrogen-bond acceptors (Lipinski definition) is 7. The highest BCUT2D eigenvalue weighted by atomic mass is 32.1. The number of carbonyl (C=O) groups is 3. The molecule has 0 aliphatic carbocycles. The molecular weight excluding hydrogens is 468 g/mol. The van der Waals surface area contributed by atoms with E-state index < -0.39 is 17.8 Å². The number of methoxy groups -OCH3 is 1. The van der Waals surface area contributed by atoms with Crippen LogP contribution in [0.1, 0.15) is 27.6 Å². The molecule has 0 spiro atoms. The maximum absolute atomic E-state index is 12.9. The van der Waals surface area contributed by atoms with Crippen molar-refractivity contribution in [1.29, 1.82) is 0 Å². The van der Waals surface area contributed by atoms with Gasteiger partial charge >= 0.3 is 11.9 Å². The molecule has 1 heterocycles. The van der Waals surface area contributed by atoms with Crippen molar-refractivity contribution in [1.82, 2.24) is 4.57 Å². The number of aromatic nitrogens is 1. The fraction of sp³-hybridized carbons (Fsp3) is 0.154. The molecule has 0 saturated carbocycles. The molecule has 178 valence electrons. The summed E-state index contributed by atoms with van der Waals surface area (Å²) in [5, 5.41) is 0. The number of nitrogens with zero attached hydrogens (tertiary/aromatic N) is 2. The number of ether oxygens (including phenoxy) is 3. The van der Waals surface area contributed by atoms with Crippen molar-refractivity contribution in [3.63, 3.8) is 0 Å². The third-order valence-corrected chi connectivity index (χ3v) is 6.03. The molecule has 0 radical (unpaired) electrons. The van der Waals surface area contributed by atoms with Gasteiger partial charge in [0, 0.05) is 5.56 Å². The fourth-order valence-corrected chi connectivity index (χ4v) is 4.36. The average Bonchev–Trinajstić information content (AvgIpc) is 3.20. The number of para-hydroxylation sites is 1. The van der Waals surface area contributed by atoms with Crippen LogP contribution in [0.4, 0.5) is 0 Å². The van der Waals surface area contributed by atoms with Crippen LogP contribution in [0.3, 0.4) is 0 Å². The number of rotatable bonds is 7. The Bertz CT molecular complexity index is 1440. The molecule has 1 aromatic heterocycles. The topological polar surface area (TPSA) is 96.2 Å². The van der Waals surface area contributed by atoms with Gasteiger partial charge in [-0.1, -0.05) is 29.5 Å². The van der Waals surface area contributed by atoms with E-state index in [1.54, 1.807) is 54.0 Å². The normalized spacial score (nSPS) is 11.3. The maximum Gasteiger partial charge on any atom is 0.338 e. The van der Waals surface area contributed by atoms with Gasteiger partial charge < -0.3 is 18.8 Å². The molecule has 0 saturated heterocycles. The Morgan fingerprint density at radius 2 is 1.60 bits per heavy atom. The van der Waals surface area contributed by atoms with Crippen molar-refractivity contribution >= 4 is 39.4 Å². The molecule has 0 aliphatic heterocycles. The molecule has 4 rings (SSSR count). The molecular formula is C26H22N2O6S. The van der Waals surface area contributed by atoms with E-state index in [1.807, 2.05) is 30.3 Å². The number of esters is 2. The zero-order valence-corrected chi connectivity index (χ0v) is 19.9. The first kappa shape index (κ1) is 23.9. The maximum atomic E-state index is 12.9. The summed E-state index contributed by atoms with van der Waals surface area (Å²) >= 11 is 1.19. The number of benzene rings is 3. The first-order chi connectivity index (χ1) is 17.0.